The number of aliphatic carboxylic acids is 1. The molecular weight excluding hydrogens is 440 g/mol. The van der Waals surface area contributed by atoms with Gasteiger partial charge in [-0.05, 0) is 42.8 Å². The lowest BCUT2D eigenvalue weighted by molar-refractivity contribution is -0.143. The first kappa shape index (κ1) is 22.0. The first-order valence-electron chi connectivity index (χ1n) is 9.68. The fraction of sp³-hybridized carbons (Fsp3) is 0.318. The number of carboxylic acid groups (broad SMARTS) is 1. The predicted molar refractivity (Wildman–Crippen MR) is 102 cm³/mol. The number of carbonyl (C=O) groups is 1. The normalized spacial score (nSPS) is 16.4. The molecule has 0 unspecified atom stereocenters. The zero-order chi connectivity index (χ0) is 23.3. The second-order valence-corrected chi connectivity index (χ2v) is 7.68. The third kappa shape index (κ3) is 4.26. The largest absolute Gasteiger partial charge is 0.489 e. The average Bonchev–Trinajstić information content (AvgIpc) is 3.23. The molecule has 10 heteroatoms. The van der Waals surface area contributed by atoms with Gasteiger partial charge in [-0.1, -0.05) is 6.07 Å². The van der Waals surface area contributed by atoms with E-state index in [9.17, 15) is 31.1 Å². The van der Waals surface area contributed by atoms with Gasteiger partial charge in [0, 0.05) is 34.6 Å². The molecule has 0 saturated carbocycles. The van der Waals surface area contributed by atoms with E-state index in [-0.39, 0.29) is 24.2 Å². The van der Waals surface area contributed by atoms with Crippen LogP contribution in [0, 0.1) is 0 Å². The second kappa shape index (κ2) is 7.75. The maximum atomic E-state index is 13.3. The SMILES string of the molecule is O=C(O)C[C@H]1CCn2c1cc1cc(OCc3ccc(C(F)(F)F)cc3C(F)(F)F)ccc12. The molecule has 3 aromatic rings. The van der Waals surface area contributed by atoms with Gasteiger partial charge in [0.25, 0.3) is 0 Å². The van der Waals surface area contributed by atoms with Crippen LogP contribution in [0.3, 0.4) is 0 Å². The smallest absolute Gasteiger partial charge is 0.416 e. The van der Waals surface area contributed by atoms with Gasteiger partial charge in [-0.25, -0.2) is 0 Å². The van der Waals surface area contributed by atoms with E-state index in [1.54, 1.807) is 18.2 Å². The lowest BCUT2D eigenvalue weighted by Gasteiger charge is -2.16. The van der Waals surface area contributed by atoms with Crippen molar-refractivity contribution in [2.75, 3.05) is 0 Å². The molecule has 1 N–H and O–H groups in total. The molecular formula is C22H17F6NO3. The molecule has 1 aliphatic heterocycles. The Morgan fingerprint density at radius 1 is 1.03 bits per heavy atom. The van der Waals surface area contributed by atoms with Crippen LogP contribution in [0.15, 0.2) is 42.5 Å². The van der Waals surface area contributed by atoms with E-state index in [0.29, 0.717) is 19.0 Å². The molecule has 1 atom stereocenters. The molecule has 170 valence electrons. The van der Waals surface area contributed by atoms with E-state index in [1.165, 1.54) is 0 Å². The Morgan fingerprint density at radius 2 is 1.78 bits per heavy atom. The monoisotopic (exact) mass is 457 g/mol. The van der Waals surface area contributed by atoms with Crippen molar-refractivity contribution in [1.82, 2.24) is 4.57 Å². The lowest BCUT2D eigenvalue weighted by Crippen LogP contribution is -2.14. The Labute approximate surface area is 178 Å². The van der Waals surface area contributed by atoms with Crippen LogP contribution in [0.25, 0.3) is 10.9 Å². The number of benzene rings is 2. The van der Waals surface area contributed by atoms with E-state index in [2.05, 4.69) is 0 Å². The molecule has 1 aliphatic rings. The fourth-order valence-corrected chi connectivity index (χ4v) is 4.10. The number of fused-ring (bicyclic) bond motifs is 3. The zero-order valence-electron chi connectivity index (χ0n) is 16.4. The van der Waals surface area contributed by atoms with E-state index < -0.39 is 41.6 Å². The van der Waals surface area contributed by atoms with Crippen molar-refractivity contribution in [3.63, 3.8) is 0 Å². The van der Waals surface area contributed by atoms with E-state index in [1.807, 2.05) is 10.6 Å². The molecule has 1 aromatic heterocycles. The van der Waals surface area contributed by atoms with Crippen molar-refractivity contribution < 1.29 is 41.0 Å². The number of carboxylic acids is 1. The van der Waals surface area contributed by atoms with Crippen molar-refractivity contribution in [1.29, 1.82) is 0 Å². The number of aromatic nitrogens is 1. The van der Waals surface area contributed by atoms with Crippen LogP contribution < -0.4 is 4.74 Å². The number of rotatable bonds is 5. The Balaban J connectivity index is 1.58. The molecule has 4 nitrogen and oxygen atoms in total. The Kier molecular flexibility index (Phi) is 5.34. The summed E-state index contributed by atoms with van der Waals surface area (Å²) in [6, 6.07) is 8.21. The summed E-state index contributed by atoms with van der Waals surface area (Å²) >= 11 is 0. The molecule has 4 rings (SSSR count). The molecule has 32 heavy (non-hydrogen) atoms. The Bertz CT molecular complexity index is 1180. The number of ether oxygens (including phenoxy) is 1. The van der Waals surface area contributed by atoms with Gasteiger partial charge >= 0.3 is 18.3 Å². The molecule has 0 spiro atoms. The number of hydrogen-bond donors (Lipinski definition) is 1. The molecule has 0 fully saturated rings. The van der Waals surface area contributed by atoms with Gasteiger partial charge in [0.05, 0.1) is 17.5 Å². The molecule has 0 saturated heterocycles. The zero-order valence-corrected chi connectivity index (χ0v) is 16.4. The number of alkyl halides is 6. The standard InChI is InChI=1S/C22H17F6NO3/c23-21(24,25)15-2-1-13(17(10-15)22(26,27)28)11-32-16-3-4-18-14(7-16)8-19-12(9-20(30)31)5-6-29(18)19/h1-4,7-8,10,12H,5-6,9,11H2,(H,30,31)/t12-/m1/s1. The number of hydrogen-bond acceptors (Lipinski definition) is 2. The van der Waals surface area contributed by atoms with Crippen LogP contribution in [0.5, 0.6) is 5.75 Å². The van der Waals surface area contributed by atoms with Crippen molar-refractivity contribution in [2.45, 2.75) is 44.3 Å². The summed E-state index contributed by atoms with van der Waals surface area (Å²) in [5.74, 6) is -0.759. The molecule has 0 radical (unpaired) electrons. The van der Waals surface area contributed by atoms with Crippen LogP contribution in [0.2, 0.25) is 0 Å². The van der Waals surface area contributed by atoms with E-state index in [4.69, 9.17) is 9.84 Å². The number of halogens is 6. The maximum absolute atomic E-state index is 13.3. The summed E-state index contributed by atoms with van der Waals surface area (Å²) in [7, 11) is 0. The van der Waals surface area contributed by atoms with Gasteiger partial charge in [-0.3, -0.25) is 4.79 Å². The van der Waals surface area contributed by atoms with Gasteiger partial charge < -0.3 is 14.4 Å². The van der Waals surface area contributed by atoms with Crippen LogP contribution in [0.4, 0.5) is 26.3 Å². The molecule has 0 amide bonds. The van der Waals surface area contributed by atoms with Gasteiger partial charge in [0.1, 0.15) is 12.4 Å². The van der Waals surface area contributed by atoms with Gasteiger partial charge in [0.15, 0.2) is 0 Å². The van der Waals surface area contributed by atoms with Gasteiger partial charge in [-0.2, -0.15) is 26.3 Å². The van der Waals surface area contributed by atoms with Crippen molar-refractivity contribution in [3.05, 3.63) is 64.8 Å². The molecule has 0 bridgehead atoms. The van der Waals surface area contributed by atoms with E-state index >= 15 is 0 Å². The second-order valence-electron chi connectivity index (χ2n) is 7.68. The van der Waals surface area contributed by atoms with Gasteiger partial charge in [-0.15, -0.1) is 0 Å². The minimum Gasteiger partial charge on any atom is -0.489 e. The summed E-state index contributed by atoms with van der Waals surface area (Å²) in [6.45, 7) is 0.102. The lowest BCUT2D eigenvalue weighted by atomic mass is 10.0. The highest BCUT2D eigenvalue weighted by atomic mass is 19.4. The molecule has 2 aromatic carbocycles. The maximum Gasteiger partial charge on any atom is 0.416 e. The third-order valence-corrected chi connectivity index (χ3v) is 5.58. The van der Waals surface area contributed by atoms with Crippen molar-refractivity contribution in [3.8, 4) is 5.75 Å². The van der Waals surface area contributed by atoms with Crippen LogP contribution in [0.1, 0.15) is 41.1 Å². The molecule has 2 heterocycles. The predicted octanol–water partition coefficient (Wildman–Crippen LogP) is 6.22. The minimum absolute atomic E-state index is 0.00776. The van der Waals surface area contributed by atoms with Crippen molar-refractivity contribution in [2.24, 2.45) is 0 Å². The quantitative estimate of drug-likeness (QED) is 0.463. The minimum atomic E-state index is -4.97. The average molecular weight is 457 g/mol. The van der Waals surface area contributed by atoms with Crippen LogP contribution in [-0.4, -0.2) is 15.6 Å². The number of aryl methyl sites for hydroxylation is 1. The number of nitrogens with zero attached hydrogens (tertiary/aromatic N) is 1. The summed E-state index contributed by atoms with van der Waals surface area (Å²) < 4.78 is 85.8. The fourth-order valence-electron chi connectivity index (χ4n) is 4.10. The van der Waals surface area contributed by atoms with Gasteiger partial charge in [0.2, 0.25) is 0 Å². The summed E-state index contributed by atoms with van der Waals surface area (Å²) in [5, 5.41) is 9.81. The first-order valence-corrected chi connectivity index (χ1v) is 9.68. The summed E-state index contributed by atoms with van der Waals surface area (Å²) in [4.78, 5) is 11.1. The highest BCUT2D eigenvalue weighted by Crippen LogP contribution is 2.39. The van der Waals surface area contributed by atoms with Crippen LogP contribution >= 0.6 is 0 Å². The highest BCUT2D eigenvalue weighted by Gasteiger charge is 2.38. The Hall–Kier alpha value is -3.17. The summed E-state index contributed by atoms with van der Waals surface area (Å²) in [6.07, 6.45) is -9.14. The van der Waals surface area contributed by atoms with E-state index in [0.717, 1.165) is 22.7 Å². The third-order valence-electron chi connectivity index (χ3n) is 5.58. The van der Waals surface area contributed by atoms with Crippen LogP contribution in [-0.2, 0) is 30.3 Å². The first-order chi connectivity index (χ1) is 14.9. The van der Waals surface area contributed by atoms with Crippen molar-refractivity contribution >= 4 is 16.9 Å². The summed E-state index contributed by atoms with van der Waals surface area (Å²) in [5.41, 5.74) is -1.46. The Morgan fingerprint density at radius 3 is 2.44 bits per heavy atom. The molecule has 0 aliphatic carbocycles. The topological polar surface area (TPSA) is 51.5 Å². The highest BCUT2D eigenvalue weighted by molar-refractivity contribution is 5.83.